The van der Waals surface area contributed by atoms with Gasteiger partial charge < -0.3 is 5.11 Å². The van der Waals surface area contributed by atoms with E-state index >= 15 is 0 Å². The highest BCUT2D eigenvalue weighted by Gasteiger charge is 2.35. The van der Waals surface area contributed by atoms with Gasteiger partial charge in [-0.15, -0.1) is 5.10 Å². The predicted octanol–water partition coefficient (Wildman–Crippen LogP) is 3.70. The largest absolute Gasteiger partial charge is 0.407 e. The van der Waals surface area contributed by atoms with E-state index in [4.69, 9.17) is 6.57 Å². The standard InChI is InChI=1S/C19H14F4N4O2/c1-18(29,10-27-16-6-4-12(20)9-15(16)25-26-27)17(28)8-11-3-5-14(24-2)13(7-11)19(21,22)23/h3-7,9,29H,8,10H2,1H3/t18-/m0/s1. The van der Waals surface area contributed by atoms with Crippen LogP contribution in [0.25, 0.3) is 15.9 Å². The summed E-state index contributed by atoms with van der Waals surface area (Å²) in [5, 5.41) is 18.1. The molecule has 0 saturated heterocycles. The maximum atomic E-state index is 13.2. The van der Waals surface area contributed by atoms with Gasteiger partial charge in [-0.2, -0.15) is 13.2 Å². The molecule has 0 amide bonds. The number of halogens is 4. The molecule has 1 atom stereocenters. The first-order chi connectivity index (χ1) is 13.5. The number of rotatable bonds is 5. The van der Waals surface area contributed by atoms with Crippen LogP contribution in [0.4, 0.5) is 23.2 Å². The summed E-state index contributed by atoms with van der Waals surface area (Å²) >= 11 is 0. The maximum absolute atomic E-state index is 13.2. The summed E-state index contributed by atoms with van der Waals surface area (Å²) in [7, 11) is 0. The minimum Gasteiger partial charge on any atom is -0.380 e. The molecule has 10 heteroatoms. The predicted molar refractivity (Wildman–Crippen MR) is 94.5 cm³/mol. The van der Waals surface area contributed by atoms with E-state index in [1.54, 1.807) is 0 Å². The van der Waals surface area contributed by atoms with Gasteiger partial charge in [0.15, 0.2) is 11.5 Å². The second kappa shape index (κ2) is 7.25. The molecule has 0 bridgehead atoms. The average Bonchev–Trinajstić information content (AvgIpc) is 3.02. The van der Waals surface area contributed by atoms with Crippen LogP contribution in [-0.2, 0) is 23.9 Å². The van der Waals surface area contributed by atoms with E-state index in [-0.39, 0.29) is 17.6 Å². The molecule has 150 valence electrons. The van der Waals surface area contributed by atoms with Crippen molar-refractivity contribution in [1.29, 1.82) is 0 Å². The van der Waals surface area contributed by atoms with Crippen LogP contribution in [0.3, 0.4) is 0 Å². The fourth-order valence-electron chi connectivity index (χ4n) is 2.84. The smallest absolute Gasteiger partial charge is 0.380 e. The summed E-state index contributed by atoms with van der Waals surface area (Å²) in [6.07, 6.45) is -5.22. The number of carbonyl (C=O) groups is 1. The third-order valence-electron chi connectivity index (χ3n) is 4.39. The van der Waals surface area contributed by atoms with Gasteiger partial charge in [-0.05, 0) is 24.6 Å². The molecule has 1 N–H and O–H groups in total. The van der Waals surface area contributed by atoms with E-state index in [9.17, 15) is 27.5 Å². The summed E-state index contributed by atoms with van der Waals surface area (Å²) in [6, 6.07) is 6.68. The highest BCUT2D eigenvalue weighted by Crippen LogP contribution is 2.37. The lowest BCUT2D eigenvalue weighted by Crippen LogP contribution is -2.41. The van der Waals surface area contributed by atoms with Crippen molar-refractivity contribution >= 4 is 22.5 Å². The Balaban J connectivity index is 1.83. The van der Waals surface area contributed by atoms with Crippen molar-refractivity contribution in [3.05, 3.63) is 64.8 Å². The molecule has 3 aromatic rings. The monoisotopic (exact) mass is 406 g/mol. The molecule has 0 aliphatic rings. The number of benzene rings is 2. The first-order valence-corrected chi connectivity index (χ1v) is 8.33. The van der Waals surface area contributed by atoms with Crippen molar-refractivity contribution in [2.24, 2.45) is 0 Å². The molecule has 1 heterocycles. The Hall–Kier alpha value is -3.32. The number of fused-ring (bicyclic) bond motifs is 1. The number of hydrogen-bond donors (Lipinski definition) is 1. The topological polar surface area (TPSA) is 72.4 Å². The quantitative estimate of drug-likeness (QED) is 0.518. The van der Waals surface area contributed by atoms with E-state index in [1.165, 1.54) is 29.8 Å². The fraction of sp³-hybridized carbons (Fsp3) is 0.263. The molecule has 0 saturated carbocycles. The molecule has 0 aliphatic heterocycles. The van der Waals surface area contributed by atoms with Crippen LogP contribution >= 0.6 is 0 Å². The third kappa shape index (κ3) is 4.25. The Morgan fingerprint density at radius 3 is 2.62 bits per heavy atom. The minimum absolute atomic E-state index is 0.0144. The number of hydrogen-bond acceptors (Lipinski definition) is 4. The van der Waals surface area contributed by atoms with Gasteiger partial charge in [0.25, 0.3) is 0 Å². The Morgan fingerprint density at radius 2 is 1.97 bits per heavy atom. The molecule has 0 spiro atoms. The Kier molecular flexibility index (Phi) is 5.11. The van der Waals surface area contributed by atoms with Gasteiger partial charge in [0.1, 0.15) is 16.9 Å². The molecule has 3 rings (SSSR count). The number of ketones is 1. The van der Waals surface area contributed by atoms with Gasteiger partial charge in [0, 0.05) is 12.5 Å². The van der Waals surface area contributed by atoms with E-state index < -0.39 is 41.0 Å². The van der Waals surface area contributed by atoms with Crippen LogP contribution < -0.4 is 0 Å². The lowest BCUT2D eigenvalue weighted by molar-refractivity contribution is -0.138. The molecule has 6 nitrogen and oxygen atoms in total. The number of Topliss-reactive ketones (excluding diaryl/α,β-unsaturated/α-hetero) is 1. The second-order valence-corrected chi connectivity index (χ2v) is 6.71. The molecule has 0 radical (unpaired) electrons. The Bertz CT molecular complexity index is 1130. The molecule has 1 aromatic heterocycles. The number of aromatic nitrogens is 3. The Morgan fingerprint density at radius 1 is 1.24 bits per heavy atom. The van der Waals surface area contributed by atoms with Crippen LogP contribution in [-0.4, -0.2) is 31.5 Å². The van der Waals surface area contributed by atoms with Gasteiger partial charge in [-0.1, -0.05) is 23.4 Å². The molecular weight excluding hydrogens is 392 g/mol. The molecule has 0 aliphatic carbocycles. The van der Waals surface area contributed by atoms with Crippen molar-refractivity contribution < 1.29 is 27.5 Å². The normalized spacial score (nSPS) is 13.8. The molecule has 0 fully saturated rings. The highest BCUT2D eigenvalue weighted by atomic mass is 19.4. The SMILES string of the molecule is [C-]#[N+]c1ccc(CC(=O)[C@@](C)(O)Cn2nnc3cc(F)ccc32)cc1C(F)(F)F. The van der Waals surface area contributed by atoms with Gasteiger partial charge in [0.2, 0.25) is 0 Å². The van der Waals surface area contributed by atoms with E-state index in [1.807, 2.05) is 0 Å². The van der Waals surface area contributed by atoms with E-state index in [0.717, 1.165) is 18.2 Å². The number of alkyl halides is 3. The molecule has 29 heavy (non-hydrogen) atoms. The molecule has 2 aromatic carbocycles. The van der Waals surface area contributed by atoms with Crippen molar-refractivity contribution in [3.8, 4) is 0 Å². The van der Waals surface area contributed by atoms with E-state index in [0.29, 0.717) is 5.52 Å². The lowest BCUT2D eigenvalue weighted by atomic mass is 9.94. The first-order valence-electron chi connectivity index (χ1n) is 8.33. The van der Waals surface area contributed by atoms with Crippen LogP contribution in [0, 0.1) is 12.4 Å². The van der Waals surface area contributed by atoms with Gasteiger partial charge >= 0.3 is 6.18 Å². The number of carbonyl (C=O) groups excluding carboxylic acids is 1. The second-order valence-electron chi connectivity index (χ2n) is 6.71. The van der Waals surface area contributed by atoms with Crippen LogP contribution in [0.5, 0.6) is 0 Å². The maximum Gasteiger partial charge on any atom is 0.407 e. The number of aliphatic hydroxyl groups is 1. The third-order valence-corrected chi connectivity index (χ3v) is 4.39. The van der Waals surface area contributed by atoms with Crippen LogP contribution in [0.15, 0.2) is 36.4 Å². The summed E-state index contributed by atoms with van der Waals surface area (Å²) in [4.78, 5) is 15.4. The van der Waals surface area contributed by atoms with Crippen LogP contribution in [0.1, 0.15) is 18.1 Å². The zero-order valence-corrected chi connectivity index (χ0v) is 15.0. The van der Waals surface area contributed by atoms with E-state index in [2.05, 4.69) is 15.2 Å². The van der Waals surface area contributed by atoms with Gasteiger partial charge in [-0.25, -0.2) is 13.9 Å². The van der Waals surface area contributed by atoms with Crippen molar-refractivity contribution in [2.45, 2.75) is 31.7 Å². The molecular formula is C19H14F4N4O2. The summed E-state index contributed by atoms with van der Waals surface area (Å²) < 4.78 is 53.7. The van der Waals surface area contributed by atoms with Gasteiger partial charge in [-0.3, -0.25) is 4.79 Å². The Labute approximate surface area is 162 Å². The van der Waals surface area contributed by atoms with Gasteiger partial charge in [0.05, 0.1) is 24.2 Å². The number of nitrogens with zero attached hydrogens (tertiary/aromatic N) is 4. The summed E-state index contributed by atoms with van der Waals surface area (Å²) in [6.45, 7) is 7.74. The summed E-state index contributed by atoms with van der Waals surface area (Å²) in [5.74, 6) is -1.26. The zero-order chi connectivity index (χ0) is 21.4. The zero-order valence-electron chi connectivity index (χ0n) is 15.0. The highest BCUT2D eigenvalue weighted by molar-refractivity contribution is 5.89. The van der Waals surface area contributed by atoms with Crippen LogP contribution in [0.2, 0.25) is 0 Å². The summed E-state index contributed by atoms with van der Waals surface area (Å²) in [5.41, 5.74) is -3.03. The lowest BCUT2D eigenvalue weighted by Gasteiger charge is -2.22. The molecule has 0 unspecified atom stereocenters. The minimum atomic E-state index is -4.74. The first kappa shape index (κ1) is 20.4. The van der Waals surface area contributed by atoms with Crippen molar-refractivity contribution in [1.82, 2.24) is 15.0 Å². The van der Waals surface area contributed by atoms with Crippen molar-refractivity contribution in [2.75, 3.05) is 0 Å². The fourth-order valence-corrected chi connectivity index (χ4v) is 2.84. The van der Waals surface area contributed by atoms with Crippen molar-refractivity contribution in [3.63, 3.8) is 0 Å². The average molecular weight is 406 g/mol.